The van der Waals surface area contributed by atoms with Gasteiger partial charge in [0.1, 0.15) is 11.6 Å². The van der Waals surface area contributed by atoms with E-state index in [4.69, 9.17) is 16.3 Å². The van der Waals surface area contributed by atoms with Crippen LogP contribution in [0.25, 0.3) is 0 Å². The number of ether oxygens (including phenoxy) is 1. The molecule has 0 aliphatic carbocycles. The Morgan fingerprint density at radius 2 is 1.97 bits per heavy atom. The first-order chi connectivity index (χ1) is 14.4. The highest BCUT2D eigenvalue weighted by atomic mass is 35.5. The van der Waals surface area contributed by atoms with Gasteiger partial charge in [0, 0.05) is 21.8 Å². The van der Waals surface area contributed by atoms with Gasteiger partial charge in [0.2, 0.25) is 0 Å². The lowest BCUT2D eigenvalue weighted by Crippen LogP contribution is -2.38. The first kappa shape index (κ1) is 19.9. The number of nitrogens with one attached hydrogen (secondary N) is 1. The molecule has 1 aliphatic rings. The van der Waals surface area contributed by atoms with Crippen molar-refractivity contribution in [3.8, 4) is 5.75 Å². The average Bonchev–Trinajstić information content (AvgIpc) is 2.72. The van der Waals surface area contributed by atoms with Gasteiger partial charge < -0.3 is 15.0 Å². The van der Waals surface area contributed by atoms with Gasteiger partial charge in [0.05, 0.1) is 12.2 Å². The maximum absolute atomic E-state index is 14.3. The van der Waals surface area contributed by atoms with Gasteiger partial charge in [-0.2, -0.15) is 0 Å². The third kappa shape index (κ3) is 4.00. The molecule has 5 nitrogen and oxygen atoms in total. The van der Waals surface area contributed by atoms with Crippen LogP contribution in [0.3, 0.4) is 0 Å². The highest BCUT2D eigenvalue weighted by Crippen LogP contribution is 2.36. The van der Waals surface area contributed by atoms with Gasteiger partial charge in [0.25, 0.3) is 11.8 Å². The monoisotopic (exact) mass is 424 g/mol. The number of aryl methyl sites for hydroxylation is 1. The molecular weight excluding hydrogens is 407 g/mol. The number of carbonyl (C=O) groups is 2. The molecule has 2 amide bonds. The van der Waals surface area contributed by atoms with Gasteiger partial charge in [-0.1, -0.05) is 35.4 Å². The minimum Gasteiger partial charge on any atom is -0.482 e. The number of anilines is 2. The number of amides is 2. The van der Waals surface area contributed by atoms with Crippen molar-refractivity contribution < 1.29 is 18.7 Å². The van der Waals surface area contributed by atoms with Crippen molar-refractivity contribution in [3.63, 3.8) is 0 Å². The van der Waals surface area contributed by atoms with Crippen molar-refractivity contribution in [2.75, 3.05) is 16.8 Å². The molecule has 0 atom stereocenters. The van der Waals surface area contributed by atoms with Gasteiger partial charge in [0.15, 0.2) is 6.61 Å². The summed E-state index contributed by atoms with van der Waals surface area (Å²) >= 11 is 6.14. The lowest BCUT2D eigenvalue weighted by molar-refractivity contribution is -0.121. The second kappa shape index (κ2) is 8.16. The van der Waals surface area contributed by atoms with Crippen LogP contribution < -0.4 is 15.0 Å². The minimum atomic E-state index is -0.493. The van der Waals surface area contributed by atoms with Gasteiger partial charge in [-0.05, 0) is 49.4 Å². The fraction of sp³-hybridized carbons (Fsp3) is 0.130. The molecule has 0 unspecified atom stereocenters. The molecule has 0 spiro atoms. The van der Waals surface area contributed by atoms with Crippen molar-refractivity contribution in [1.29, 1.82) is 0 Å². The SMILES string of the molecule is Cc1cccc(C(=O)Nc2ccc3c(c2)N(Cc2c(F)cccc2Cl)C(=O)CO3)c1. The maximum atomic E-state index is 14.3. The van der Waals surface area contributed by atoms with Crippen LogP contribution in [0.15, 0.2) is 60.7 Å². The van der Waals surface area contributed by atoms with Crippen molar-refractivity contribution in [1.82, 2.24) is 0 Å². The highest BCUT2D eigenvalue weighted by molar-refractivity contribution is 6.31. The second-order valence-corrected chi connectivity index (χ2v) is 7.38. The molecular formula is C23H18ClFN2O3. The number of nitrogens with zero attached hydrogens (tertiary/aromatic N) is 1. The number of fused-ring (bicyclic) bond motifs is 1. The van der Waals surface area contributed by atoms with Crippen LogP contribution in [-0.2, 0) is 11.3 Å². The van der Waals surface area contributed by atoms with E-state index in [1.54, 1.807) is 36.4 Å². The third-order valence-electron chi connectivity index (χ3n) is 4.82. The molecule has 7 heteroatoms. The molecule has 0 radical (unpaired) electrons. The van der Waals surface area contributed by atoms with Crippen LogP contribution >= 0.6 is 11.6 Å². The quantitative estimate of drug-likeness (QED) is 0.643. The Morgan fingerprint density at radius 1 is 1.17 bits per heavy atom. The van der Waals surface area contributed by atoms with Crippen LogP contribution in [0.1, 0.15) is 21.5 Å². The van der Waals surface area contributed by atoms with E-state index in [1.165, 1.54) is 17.0 Å². The molecule has 152 valence electrons. The Hall–Kier alpha value is -3.38. The Labute approximate surface area is 178 Å². The smallest absolute Gasteiger partial charge is 0.265 e. The zero-order chi connectivity index (χ0) is 21.3. The largest absolute Gasteiger partial charge is 0.482 e. The predicted octanol–water partition coefficient (Wildman–Crippen LogP) is 4.97. The molecule has 1 N–H and O–H groups in total. The summed E-state index contributed by atoms with van der Waals surface area (Å²) in [6.07, 6.45) is 0. The Balaban J connectivity index is 1.64. The number of carbonyl (C=O) groups excluding carboxylic acids is 2. The fourth-order valence-electron chi connectivity index (χ4n) is 3.28. The number of benzene rings is 3. The zero-order valence-electron chi connectivity index (χ0n) is 16.1. The summed E-state index contributed by atoms with van der Waals surface area (Å²) in [5, 5.41) is 3.06. The molecule has 3 aromatic carbocycles. The van der Waals surface area contributed by atoms with E-state index in [9.17, 15) is 14.0 Å². The molecule has 0 aromatic heterocycles. The molecule has 0 saturated carbocycles. The third-order valence-corrected chi connectivity index (χ3v) is 5.17. The van der Waals surface area contributed by atoms with E-state index in [0.717, 1.165) is 5.56 Å². The summed E-state index contributed by atoms with van der Waals surface area (Å²) in [6, 6.07) is 16.6. The number of hydrogen-bond acceptors (Lipinski definition) is 3. The van der Waals surface area contributed by atoms with E-state index in [0.29, 0.717) is 22.7 Å². The molecule has 0 fully saturated rings. The lowest BCUT2D eigenvalue weighted by Gasteiger charge is -2.30. The van der Waals surface area contributed by atoms with E-state index in [-0.39, 0.29) is 35.6 Å². The number of hydrogen-bond donors (Lipinski definition) is 1. The molecule has 4 rings (SSSR count). The van der Waals surface area contributed by atoms with Crippen molar-refractivity contribution in [2.45, 2.75) is 13.5 Å². The second-order valence-electron chi connectivity index (χ2n) is 6.97. The van der Waals surface area contributed by atoms with Crippen LogP contribution in [0.4, 0.5) is 15.8 Å². The topological polar surface area (TPSA) is 58.6 Å². The predicted molar refractivity (Wildman–Crippen MR) is 114 cm³/mol. The molecule has 3 aromatic rings. The van der Waals surface area contributed by atoms with Gasteiger partial charge in [-0.3, -0.25) is 9.59 Å². The van der Waals surface area contributed by atoms with E-state index in [2.05, 4.69) is 5.32 Å². The average molecular weight is 425 g/mol. The standard InChI is InChI=1S/C23H18ClFN2O3/c1-14-4-2-5-15(10-14)23(29)26-16-8-9-21-20(11-16)27(22(28)13-30-21)12-17-18(24)6-3-7-19(17)25/h2-11H,12-13H2,1H3,(H,26,29). The van der Waals surface area contributed by atoms with Crippen molar-refractivity contribution in [2.24, 2.45) is 0 Å². The summed E-state index contributed by atoms with van der Waals surface area (Å²) < 4.78 is 19.8. The molecule has 0 bridgehead atoms. The van der Waals surface area contributed by atoms with Crippen LogP contribution in [0, 0.1) is 12.7 Å². The van der Waals surface area contributed by atoms with E-state index < -0.39 is 5.82 Å². The van der Waals surface area contributed by atoms with Gasteiger partial charge in [-0.15, -0.1) is 0 Å². The van der Waals surface area contributed by atoms with Crippen LogP contribution in [0.2, 0.25) is 5.02 Å². The van der Waals surface area contributed by atoms with E-state index >= 15 is 0 Å². The minimum absolute atomic E-state index is 0.0457. The van der Waals surface area contributed by atoms with Gasteiger partial charge in [-0.25, -0.2) is 4.39 Å². The molecule has 1 heterocycles. The first-order valence-corrected chi connectivity index (χ1v) is 9.68. The number of rotatable bonds is 4. The maximum Gasteiger partial charge on any atom is 0.265 e. The molecule has 0 saturated heterocycles. The first-order valence-electron chi connectivity index (χ1n) is 9.30. The zero-order valence-corrected chi connectivity index (χ0v) is 16.9. The summed E-state index contributed by atoms with van der Waals surface area (Å²) in [7, 11) is 0. The highest BCUT2D eigenvalue weighted by Gasteiger charge is 2.27. The Kier molecular flexibility index (Phi) is 5.42. The summed E-state index contributed by atoms with van der Waals surface area (Å²) in [5.74, 6) is -0.628. The summed E-state index contributed by atoms with van der Waals surface area (Å²) in [6.45, 7) is 1.70. The lowest BCUT2D eigenvalue weighted by atomic mass is 10.1. The van der Waals surface area contributed by atoms with Crippen molar-refractivity contribution in [3.05, 3.63) is 88.2 Å². The Morgan fingerprint density at radius 3 is 2.73 bits per heavy atom. The number of halogens is 2. The van der Waals surface area contributed by atoms with Crippen molar-refractivity contribution >= 4 is 34.8 Å². The van der Waals surface area contributed by atoms with Gasteiger partial charge >= 0.3 is 0 Å². The summed E-state index contributed by atoms with van der Waals surface area (Å²) in [5.41, 5.74) is 2.64. The molecule has 30 heavy (non-hydrogen) atoms. The summed E-state index contributed by atoms with van der Waals surface area (Å²) in [4.78, 5) is 26.5. The van der Waals surface area contributed by atoms with Crippen LogP contribution in [-0.4, -0.2) is 18.4 Å². The molecule has 1 aliphatic heterocycles. The normalized spacial score (nSPS) is 12.9. The fourth-order valence-corrected chi connectivity index (χ4v) is 3.51. The van der Waals surface area contributed by atoms with E-state index in [1.807, 2.05) is 19.1 Å². The Bertz CT molecular complexity index is 1130. The van der Waals surface area contributed by atoms with Crippen LogP contribution in [0.5, 0.6) is 5.75 Å².